The molecule has 0 aliphatic carbocycles. The van der Waals surface area contributed by atoms with Crippen molar-refractivity contribution >= 4 is 11.8 Å². The van der Waals surface area contributed by atoms with Gasteiger partial charge in [0.25, 0.3) is 0 Å². The normalized spacial score (nSPS) is 34.0. The molecule has 3 heterocycles. The second-order valence-electron chi connectivity index (χ2n) is 5.46. The number of aliphatic hydroxyl groups excluding tert-OH is 1. The lowest BCUT2D eigenvalue weighted by molar-refractivity contribution is -0.102. The van der Waals surface area contributed by atoms with Gasteiger partial charge >= 0.3 is 0 Å². The number of ether oxygens (including phenoxy) is 1. The molecule has 3 unspecified atom stereocenters. The van der Waals surface area contributed by atoms with Crippen molar-refractivity contribution in [1.29, 1.82) is 0 Å². The van der Waals surface area contributed by atoms with E-state index in [4.69, 9.17) is 9.15 Å². The number of hydrogen-bond acceptors (Lipinski definition) is 4. The number of aryl methyl sites for hydroxylation is 1. The minimum Gasteiger partial charge on any atom is -0.469 e. The van der Waals surface area contributed by atoms with Gasteiger partial charge in [-0.15, -0.1) is 0 Å². The molecular formula is C14H20O3S. The molecule has 2 aliphatic heterocycles. The van der Waals surface area contributed by atoms with Crippen LogP contribution in [0.3, 0.4) is 0 Å². The molecule has 1 aromatic rings. The third-order valence-electron chi connectivity index (χ3n) is 4.26. The van der Waals surface area contributed by atoms with Crippen LogP contribution in [0, 0.1) is 12.8 Å². The summed E-state index contributed by atoms with van der Waals surface area (Å²) in [5.41, 5.74) is 0.981. The van der Waals surface area contributed by atoms with Crippen LogP contribution < -0.4 is 0 Å². The van der Waals surface area contributed by atoms with Crippen LogP contribution in [0.15, 0.2) is 16.7 Å². The molecule has 0 radical (unpaired) electrons. The van der Waals surface area contributed by atoms with Gasteiger partial charge in [-0.2, -0.15) is 11.8 Å². The van der Waals surface area contributed by atoms with Crippen LogP contribution >= 0.6 is 11.8 Å². The highest BCUT2D eigenvalue weighted by Gasteiger charge is 2.42. The average molecular weight is 268 g/mol. The average Bonchev–Trinajstić information content (AvgIpc) is 2.98. The van der Waals surface area contributed by atoms with Gasteiger partial charge in [-0.1, -0.05) is 0 Å². The summed E-state index contributed by atoms with van der Waals surface area (Å²) in [6, 6.07) is 1.89. The van der Waals surface area contributed by atoms with Gasteiger partial charge in [-0.25, -0.2) is 0 Å². The van der Waals surface area contributed by atoms with Crippen molar-refractivity contribution in [3.05, 3.63) is 23.7 Å². The molecule has 2 fully saturated rings. The molecule has 4 heteroatoms. The van der Waals surface area contributed by atoms with Gasteiger partial charge in [0, 0.05) is 17.9 Å². The quantitative estimate of drug-likeness (QED) is 0.895. The zero-order chi connectivity index (χ0) is 12.6. The van der Waals surface area contributed by atoms with Crippen molar-refractivity contribution < 1.29 is 14.3 Å². The molecule has 1 N–H and O–H groups in total. The van der Waals surface area contributed by atoms with E-state index < -0.39 is 6.10 Å². The van der Waals surface area contributed by atoms with Crippen molar-refractivity contribution in [3.63, 3.8) is 0 Å². The van der Waals surface area contributed by atoms with E-state index in [-0.39, 0.29) is 5.60 Å². The van der Waals surface area contributed by atoms with Gasteiger partial charge in [0.15, 0.2) is 0 Å². The Kier molecular flexibility index (Phi) is 3.43. The zero-order valence-corrected chi connectivity index (χ0v) is 11.5. The number of rotatable bonds is 2. The summed E-state index contributed by atoms with van der Waals surface area (Å²) in [5.74, 6) is 3.41. The van der Waals surface area contributed by atoms with Crippen LogP contribution in [0.2, 0.25) is 0 Å². The molecule has 2 aliphatic rings. The molecule has 3 rings (SSSR count). The van der Waals surface area contributed by atoms with Crippen molar-refractivity contribution in [2.75, 3.05) is 18.1 Å². The Labute approximate surface area is 112 Å². The van der Waals surface area contributed by atoms with Gasteiger partial charge in [0.2, 0.25) is 0 Å². The van der Waals surface area contributed by atoms with Crippen LogP contribution in [0.25, 0.3) is 0 Å². The Morgan fingerprint density at radius 3 is 3.11 bits per heavy atom. The smallest absolute Gasteiger partial charge is 0.106 e. The minimum absolute atomic E-state index is 0.0339. The van der Waals surface area contributed by atoms with E-state index in [0.29, 0.717) is 5.92 Å². The molecule has 1 aromatic heterocycles. The molecule has 0 bridgehead atoms. The first-order chi connectivity index (χ1) is 8.70. The van der Waals surface area contributed by atoms with Crippen molar-refractivity contribution in [2.45, 2.75) is 37.9 Å². The number of furan rings is 1. The van der Waals surface area contributed by atoms with Crippen molar-refractivity contribution in [3.8, 4) is 0 Å². The van der Waals surface area contributed by atoms with Gasteiger partial charge in [0.1, 0.15) is 5.76 Å². The fraction of sp³-hybridized carbons (Fsp3) is 0.714. The van der Waals surface area contributed by atoms with Crippen molar-refractivity contribution in [1.82, 2.24) is 0 Å². The lowest BCUT2D eigenvalue weighted by atomic mass is 9.80. The summed E-state index contributed by atoms with van der Waals surface area (Å²) in [5, 5.41) is 10.5. The maximum absolute atomic E-state index is 10.5. The standard InChI is InChI=1S/C14H20O3S/c1-10-12(3-5-16-10)13(15)11-2-6-17-14(8-11)4-7-18-9-14/h3,5,11,13,15H,2,4,6-9H2,1H3. The highest BCUT2D eigenvalue weighted by atomic mass is 32.2. The topological polar surface area (TPSA) is 42.6 Å². The van der Waals surface area contributed by atoms with Gasteiger partial charge in [-0.3, -0.25) is 0 Å². The summed E-state index contributed by atoms with van der Waals surface area (Å²) >= 11 is 1.97. The second kappa shape index (κ2) is 4.91. The van der Waals surface area contributed by atoms with E-state index in [9.17, 15) is 5.11 Å². The maximum atomic E-state index is 10.5. The summed E-state index contributed by atoms with van der Waals surface area (Å²) in [6.45, 7) is 2.69. The third kappa shape index (κ3) is 2.22. The van der Waals surface area contributed by atoms with Gasteiger partial charge in [0.05, 0.1) is 18.0 Å². The third-order valence-corrected chi connectivity index (χ3v) is 5.49. The van der Waals surface area contributed by atoms with E-state index in [1.807, 2.05) is 24.8 Å². The summed E-state index contributed by atoms with van der Waals surface area (Å²) in [6.07, 6.45) is 4.30. The molecular weight excluding hydrogens is 248 g/mol. The minimum atomic E-state index is -0.407. The van der Waals surface area contributed by atoms with E-state index in [0.717, 1.165) is 42.9 Å². The van der Waals surface area contributed by atoms with E-state index in [1.165, 1.54) is 5.75 Å². The Bertz CT molecular complexity index is 409. The highest BCUT2D eigenvalue weighted by Crippen LogP contribution is 2.44. The van der Waals surface area contributed by atoms with Crippen LogP contribution in [0.1, 0.15) is 36.7 Å². The zero-order valence-electron chi connectivity index (χ0n) is 10.7. The number of aliphatic hydroxyl groups is 1. The number of hydrogen-bond donors (Lipinski definition) is 1. The molecule has 0 amide bonds. The Morgan fingerprint density at radius 1 is 1.56 bits per heavy atom. The van der Waals surface area contributed by atoms with Gasteiger partial charge < -0.3 is 14.3 Å². The van der Waals surface area contributed by atoms with Crippen LogP contribution in [-0.4, -0.2) is 28.8 Å². The van der Waals surface area contributed by atoms with Crippen molar-refractivity contribution in [2.24, 2.45) is 5.92 Å². The summed E-state index contributed by atoms with van der Waals surface area (Å²) in [7, 11) is 0. The molecule has 1 spiro atoms. The Balaban J connectivity index is 1.74. The monoisotopic (exact) mass is 268 g/mol. The van der Waals surface area contributed by atoms with Gasteiger partial charge in [-0.05, 0) is 43.9 Å². The Hall–Kier alpha value is -0.450. The predicted molar refractivity (Wildman–Crippen MR) is 71.8 cm³/mol. The first-order valence-corrected chi connectivity index (χ1v) is 7.79. The summed E-state index contributed by atoms with van der Waals surface area (Å²) in [4.78, 5) is 0. The second-order valence-corrected chi connectivity index (χ2v) is 6.57. The predicted octanol–water partition coefficient (Wildman–Crippen LogP) is 2.92. The first kappa shape index (κ1) is 12.6. The SMILES string of the molecule is Cc1occc1C(O)C1CCOC2(CCSC2)C1. The fourth-order valence-corrected chi connectivity index (χ4v) is 4.53. The molecule has 3 atom stereocenters. The van der Waals surface area contributed by atoms with E-state index in [1.54, 1.807) is 6.26 Å². The lowest BCUT2D eigenvalue weighted by Crippen LogP contribution is -2.41. The molecule has 18 heavy (non-hydrogen) atoms. The van der Waals surface area contributed by atoms with E-state index in [2.05, 4.69) is 0 Å². The summed E-state index contributed by atoms with van der Waals surface area (Å²) < 4.78 is 11.3. The lowest BCUT2D eigenvalue weighted by Gasteiger charge is -2.39. The van der Waals surface area contributed by atoms with Crippen LogP contribution in [0.4, 0.5) is 0 Å². The van der Waals surface area contributed by atoms with Crippen LogP contribution in [-0.2, 0) is 4.74 Å². The fourth-order valence-electron chi connectivity index (χ4n) is 3.15. The molecule has 100 valence electrons. The first-order valence-electron chi connectivity index (χ1n) is 6.64. The number of thioether (sulfide) groups is 1. The van der Waals surface area contributed by atoms with Crippen LogP contribution in [0.5, 0.6) is 0 Å². The molecule has 0 saturated carbocycles. The highest BCUT2D eigenvalue weighted by molar-refractivity contribution is 7.99. The Morgan fingerprint density at radius 2 is 2.44 bits per heavy atom. The molecule has 2 saturated heterocycles. The van der Waals surface area contributed by atoms with E-state index >= 15 is 0 Å². The maximum Gasteiger partial charge on any atom is 0.106 e. The largest absolute Gasteiger partial charge is 0.469 e. The molecule has 3 nitrogen and oxygen atoms in total. The molecule has 0 aromatic carbocycles.